The molecule has 0 aliphatic rings. The first-order valence-electron chi connectivity index (χ1n) is 5.14. The van der Waals surface area contributed by atoms with Crippen LogP contribution in [0.2, 0.25) is 5.02 Å². The highest BCUT2D eigenvalue weighted by Crippen LogP contribution is 2.17. The van der Waals surface area contributed by atoms with Crippen molar-refractivity contribution in [2.24, 2.45) is 7.05 Å². The van der Waals surface area contributed by atoms with Crippen molar-refractivity contribution < 1.29 is 0 Å². The first kappa shape index (κ1) is 11.0. The van der Waals surface area contributed by atoms with Gasteiger partial charge < -0.3 is 5.32 Å². The third kappa shape index (κ3) is 2.36. The molecule has 16 heavy (non-hydrogen) atoms. The highest BCUT2D eigenvalue weighted by Gasteiger charge is 2.00. The lowest BCUT2D eigenvalue weighted by Crippen LogP contribution is -2.04. The van der Waals surface area contributed by atoms with Crippen molar-refractivity contribution in [1.29, 1.82) is 0 Å². The number of aromatic nitrogens is 2. The Labute approximate surface area is 100 Å². The second-order valence-electron chi connectivity index (χ2n) is 3.78. The van der Waals surface area contributed by atoms with E-state index in [1.807, 2.05) is 36.9 Å². The summed E-state index contributed by atoms with van der Waals surface area (Å²) in [6.45, 7) is 2.79. The van der Waals surface area contributed by atoms with Crippen LogP contribution in [0.5, 0.6) is 0 Å². The maximum absolute atomic E-state index is 5.97. The van der Waals surface area contributed by atoms with Crippen molar-refractivity contribution in [2.75, 3.05) is 5.32 Å². The van der Waals surface area contributed by atoms with Gasteiger partial charge in [0.15, 0.2) is 0 Å². The van der Waals surface area contributed by atoms with Gasteiger partial charge in [-0.3, -0.25) is 4.68 Å². The lowest BCUT2D eigenvalue weighted by Gasteiger charge is -2.07. The monoisotopic (exact) mass is 235 g/mol. The van der Waals surface area contributed by atoms with Crippen LogP contribution in [0.1, 0.15) is 11.1 Å². The van der Waals surface area contributed by atoms with Crippen molar-refractivity contribution >= 4 is 17.4 Å². The lowest BCUT2D eigenvalue weighted by atomic mass is 10.1. The highest BCUT2D eigenvalue weighted by molar-refractivity contribution is 6.31. The maximum Gasteiger partial charge on any atom is 0.124 e. The van der Waals surface area contributed by atoms with Gasteiger partial charge in [0.1, 0.15) is 5.82 Å². The molecule has 1 aromatic heterocycles. The number of hydrogen-bond acceptors (Lipinski definition) is 2. The Bertz CT molecular complexity index is 491. The van der Waals surface area contributed by atoms with E-state index in [0.29, 0.717) is 0 Å². The Morgan fingerprint density at radius 3 is 2.81 bits per heavy atom. The maximum atomic E-state index is 5.97. The van der Waals surface area contributed by atoms with Crippen molar-refractivity contribution in [3.63, 3.8) is 0 Å². The fourth-order valence-electron chi connectivity index (χ4n) is 1.56. The van der Waals surface area contributed by atoms with Crippen molar-refractivity contribution in [1.82, 2.24) is 9.78 Å². The molecule has 0 aliphatic heterocycles. The van der Waals surface area contributed by atoms with E-state index >= 15 is 0 Å². The van der Waals surface area contributed by atoms with Gasteiger partial charge in [0.05, 0.1) is 6.20 Å². The second-order valence-corrected chi connectivity index (χ2v) is 4.18. The summed E-state index contributed by atoms with van der Waals surface area (Å²) in [4.78, 5) is 0. The molecular formula is C12H14ClN3. The van der Waals surface area contributed by atoms with Crippen LogP contribution in [0.15, 0.2) is 30.5 Å². The Hall–Kier alpha value is -1.48. The fraction of sp³-hybridized carbons (Fsp3) is 0.250. The van der Waals surface area contributed by atoms with E-state index in [-0.39, 0.29) is 0 Å². The molecule has 2 aromatic rings. The Kier molecular flexibility index (Phi) is 3.15. The Morgan fingerprint density at radius 2 is 2.19 bits per heavy atom. The van der Waals surface area contributed by atoms with Crippen molar-refractivity contribution in [2.45, 2.75) is 13.5 Å². The van der Waals surface area contributed by atoms with E-state index in [4.69, 9.17) is 11.6 Å². The standard InChI is InChI=1S/C12H14ClN3/c1-9-7-10(3-4-11(9)13)8-14-12-5-6-15-16(12)2/h3-7,14H,8H2,1-2H3. The summed E-state index contributed by atoms with van der Waals surface area (Å²) in [5.74, 6) is 1.01. The molecule has 0 radical (unpaired) electrons. The number of anilines is 1. The van der Waals surface area contributed by atoms with Crippen LogP contribution in [0.4, 0.5) is 5.82 Å². The summed E-state index contributed by atoms with van der Waals surface area (Å²) in [5.41, 5.74) is 2.31. The highest BCUT2D eigenvalue weighted by atomic mass is 35.5. The molecule has 4 heteroatoms. The van der Waals surface area contributed by atoms with Crippen LogP contribution >= 0.6 is 11.6 Å². The van der Waals surface area contributed by atoms with Gasteiger partial charge >= 0.3 is 0 Å². The molecule has 1 aromatic carbocycles. The fourth-order valence-corrected chi connectivity index (χ4v) is 1.67. The SMILES string of the molecule is Cc1cc(CNc2ccnn2C)ccc1Cl. The molecule has 0 saturated heterocycles. The summed E-state index contributed by atoms with van der Waals surface area (Å²) in [7, 11) is 1.91. The number of halogens is 1. The van der Waals surface area contributed by atoms with Crippen LogP contribution in [0.25, 0.3) is 0 Å². The smallest absolute Gasteiger partial charge is 0.124 e. The number of rotatable bonds is 3. The van der Waals surface area contributed by atoms with E-state index in [1.165, 1.54) is 5.56 Å². The minimum absolute atomic E-state index is 0.775. The van der Waals surface area contributed by atoms with E-state index in [2.05, 4.69) is 16.5 Å². The van der Waals surface area contributed by atoms with Gasteiger partial charge in [0.25, 0.3) is 0 Å². The van der Waals surface area contributed by atoms with E-state index in [0.717, 1.165) is 22.9 Å². The number of benzene rings is 1. The molecule has 1 heterocycles. The normalized spacial score (nSPS) is 10.4. The van der Waals surface area contributed by atoms with Gasteiger partial charge in [-0.25, -0.2) is 0 Å². The molecule has 0 spiro atoms. The molecule has 3 nitrogen and oxygen atoms in total. The molecule has 0 amide bonds. The van der Waals surface area contributed by atoms with E-state index < -0.39 is 0 Å². The number of nitrogens with one attached hydrogen (secondary N) is 1. The van der Waals surface area contributed by atoms with Gasteiger partial charge in [-0.2, -0.15) is 5.10 Å². The number of nitrogens with zero attached hydrogens (tertiary/aromatic N) is 2. The van der Waals surface area contributed by atoms with Crippen LogP contribution in [0, 0.1) is 6.92 Å². The topological polar surface area (TPSA) is 29.9 Å². The molecule has 0 aliphatic carbocycles. The average molecular weight is 236 g/mol. The summed E-state index contributed by atoms with van der Waals surface area (Å²) in [6.07, 6.45) is 1.77. The summed E-state index contributed by atoms with van der Waals surface area (Å²) in [5, 5.41) is 8.22. The Balaban J connectivity index is 2.05. The molecule has 0 atom stereocenters. The number of aryl methyl sites for hydroxylation is 2. The number of hydrogen-bond donors (Lipinski definition) is 1. The predicted octanol–water partition coefficient (Wildman–Crippen LogP) is 2.99. The first-order valence-corrected chi connectivity index (χ1v) is 5.51. The molecule has 0 fully saturated rings. The zero-order chi connectivity index (χ0) is 11.5. The van der Waals surface area contributed by atoms with Gasteiger partial charge in [0.2, 0.25) is 0 Å². The zero-order valence-corrected chi connectivity index (χ0v) is 10.1. The molecule has 0 bridgehead atoms. The molecule has 84 valence electrons. The van der Waals surface area contributed by atoms with Gasteiger partial charge in [-0.1, -0.05) is 23.7 Å². The summed E-state index contributed by atoms with van der Waals surface area (Å²) >= 11 is 5.97. The zero-order valence-electron chi connectivity index (χ0n) is 9.37. The quantitative estimate of drug-likeness (QED) is 0.887. The minimum Gasteiger partial charge on any atom is -0.366 e. The molecule has 1 N–H and O–H groups in total. The van der Waals surface area contributed by atoms with Gasteiger partial charge in [0, 0.05) is 24.7 Å². The minimum atomic E-state index is 0.775. The van der Waals surface area contributed by atoms with Crippen LogP contribution in [-0.4, -0.2) is 9.78 Å². The van der Waals surface area contributed by atoms with Gasteiger partial charge in [-0.05, 0) is 24.1 Å². The lowest BCUT2D eigenvalue weighted by molar-refractivity contribution is 0.769. The second kappa shape index (κ2) is 4.58. The van der Waals surface area contributed by atoms with Crippen molar-refractivity contribution in [3.05, 3.63) is 46.6 Å². The average Bonchev–Trinajstić information content (AvgIpc) is 2.66. The van der Waals surface area contributed by atoms with Crippen LogP contribution in [-0.2, 0) is 13.6 Å². The van der Waals surface area contributed by atoms with E-state index in [9.17, 15) is 0 Å². The molecule has 0 saturated carbocycles. The predicted molar refractivity (Wildman–Crippen MR) is 66.7 cm³/mol. The Morgan fingerprint density at radius 1 is 1.38 bits per heavy atom. The third-order valence-corrected chi connectivity index (χ3v) is 2.94. The van der Waals surface area contributed by atoms with Gasteiger partial charge in [-0.15, -0.1) is 0 Å². The summed E-state index contributed by atoms with van der Waals surface area (Å²) in [6, 6.07) is 7.99. The molecular weight excluding hydrogens is 222 g/mol. The van der Waals surface area contributed by atoms with Crippen LogP contribution < -0.4 is 5.32 Å². The van der Waals surface area contributed by atoms with Crippen LogP contribution in [0.3, 0.4) is 0 Å². The van der Waals surface area contributed by atoms with E-state index in [1.54, 1.807) is 6.20 Å². The largest absolute Gasteiger partial charge is 0.366 e. The third-order valence-electron chi connectivity index (χ3n) is 2.52. The van der Waals surface area contributed by atoms with Crippen molar-refractivity contribution in [3.8, 4) is 0 Å². The molecule has 0 unspecified atom stereocenters. The first-order chi connectivity index (χ1) is 7.66. The summed E-state index contributed by atoms with van der Waals surface area (Å²) < 4.78 is 1.81. The molecule has 2 rings (SSSR count).